The molecule has 19 heavy (non-hydrogen) atoms. The van der Waals surface area contributed by atoms with Gasteiger partial charge in [0.1, 0.15) is 12.3 Å². The van der Waals surface area contributed by atoms with Crippen LogP contribution in [0.5, 0.6) is 5.75 Å². The molecule has 0 bridgehead atoms. The quantitative estimate of drug-likeness (QED) is 0.622. The van der Waals surface area contributed by atoms with E-state index in [0.29, 0.717) is 12.4 Å². The first kappa shape index (κ1) is 14.8. The third-order valence-corrected chi connectivity index (χ3v) is 2.27. The SMILES string of the molecule is CCOC(=O)CNC(=O)C=Cc1ccccc1OC. The van der Waals surface area contributed by atoms with Crippen LogP contribution in [0.1, 0.15) is 12.5 Å². The van der Waals surface area contributed by atoms with Gasteiger partial charge in [-0.15, -0.1) is 0 Å². The van der Waals surface area contributed by atoms with Gasteiger partial charge >= 0.3 is 5.97 Å². The molecule has 0 atom stereocenters. The van der Waals surface area contributed by atoms with Crippen LogP contribution in [-0.4, -0.2) is 32.1 Å². The van der Waals surface area contributed by atoms with Crippen LogP contribution in [0, 0.1) is 0 Å². The summed E-state index contributed by atoms with van der Waals surface area (Å²) in [7, 11) is 1.56. The molecule has 0 radical (unpaired) electrons. The van der Waals surface area contributed by atoms with Gasteiger partial charge in [0.15, 0.2) is 0 Å². The average Bonchev–Trinajstić information content (AvgIpc) is 2.43. The summed E-state index contributed by atoms with van der Waals surface area (Å²) < 4.78 is 9.84. The molecule has 0 heterocycles. The van der Waals surface area contributed by atoms with Crippen molar-refractivity contribution in [1.82, 2.24) is 5.32 Å². The van der Waals surface area contributed by atoms with Crippen LogP contribution in [0.15, 0.2) is 30.3 Å². The molecule has 102 valence electrons. The zero-order valence-electron chi connectivity index (χ0n) is 11.0. The number of methoxy groups -OCH3 is 1. The molecule has 0 spiro atoms. The van der Waals surface area contributed by atoms with E-state index in [2.05, 4.69) is 5.32 Å². The summed E-state index contributed by atoms with van der Waals surface area (Å²) in [6, 6.07) is 7.32. The molecule has 1 aromatic carbocycles. The predicted octanol–water partition coefficient (Wildman–Crippen LogP) is 1.39. The molecule has 5 nitrogen and oxygen atoms in total. The van der Waals surface area contributed by atoms with Crippen LogP contribution in [0.3, 0.4) is 0 Å². The zero-order valence-corrected chi connectivity index (χ0v) is 11.0. The topological polar surface area (TPSA) is 64.6 Å². The molecule has 0 saturated carbocycles. The number of carbonyl (C=O) groups excluding carboxylic acids is 2. The van der Waals surface area contributed by atoms with Crippen molar-refractivity contribution in [2.75, 3.05) is 20.3 Å². The molecular weight excluding hydrogens is 246 g/mol. The van der Waals surface area contributed by atoms with Crippen molar-refractivity contribution in [3.05, 3.63) is 35.9 Å². The monoisotopic (exact) mass is 263 g/mol. The highest BCUT2D eigenvalue weighted by Gasteiger charge is 2.03. The number of rotatable bonds is 6. The van der Waals surface area contributed by atoms with Crippen LogP contribution in [0.4, 0.5) is 0 Å². The fraction of sp³-hybridized carbons (Fsp3) is 0.286. The lowest BCUT2D eigenvalue weighted by atomic mass is 10.2. The summed E-state index contributed by atoms with van der Waals surface area (Å²) in [4.78, 5) is 22.5. The maximum atomic E-state index is 11.5. The predicted molar refractivity (Wildman–Crippen MR) is 71.7 cm³/mol. The Morgan fingerprint density at radius 1 is 1.32 bits per heavy atom. The van der Waals surface area contributed by atoms with E-state index in [4.69, 9.17) is 9.47 Å². The Morgan fingerprint density at radius 2 is 2.05 bits per heavy atom. The fourth-order valence-electron chi connectivity index (χ4n) is 1.40. The molecule has 0 aromatic heterocycles. The largest absolute Gasteiger partial charge is 0.496 e. The number of nitrogens with one attached hydrogen (secondary N) is 1. The number of hydrogen-bond donors (Lipinski definition) is 1. The minimum atomic E-state index is -0.457. The molecule has 5 heteroatoms. The number of ether oxygens (including phenoxy) is 2. The van der Waals surface area contributed by atoms with E-state index < -0.39 is 5.97 Å². The smallest absolute Gasteiger partial charge is 0.325 e. The van der Waals surface area contributed by atoms with Gasteiger partial charge in [0.2, 0.25) is 5.91 Å². The first-order chi connectivity index (χ1) is 9.17. The third-order valence-electron chi connectivity index (χ3n) is 2.27. The molecule has 1 amide bonds. The fourth-order valence-corrected chi connectivity index (χ4v) is 1.40. The lowest BCUT2D eigenvalue weighted by molar-refractivity contribution is -0.143. The normalized spacial score (nSPS) is 10.2. The van der Waals surface area contributed by atoms with Gasteiger partial charge in [0.05, 0.1) is 13.7 Å². The van der Waals surface area contributed by atoms with Crippen molar-refractivity contribution in [3.63, 3.8) is 0 Å². The van der Waals surface area contributed by atoms with Gasteiger partial charge in [-0.25, -0.2) is 0 Å². The summed E-state index contributed by atoms with van der Waals surface area (Å²) in [5, 5.41) is 2.43. The van der Waals surface area contributed by atoms with Gasteiger partial charge in [0.25, 0.3) is 0 Å². The maximum absolute atomic E-state index is 11.5. The van der Waals surface area contributed by atoms with Crippen LogP contribution in [-0.2, 0) is 14.3 Å². The minimum Gasteiger partial charge on any atom is -0.496 e. The Bertz CT molecular complexity index is 468. The second kappa shape index (κ2) is 7.92. The lowest BCUT2D eigenvalue weighted by Gasteiger charge is -2.04. The van der Waals surface area contributed by atoms with E-state index in [9.17, 15) is 9.59 Å². The van der Waals surface area contributed by atoms with Crippen molar-refractivity contribution < 1.29 is 19.1 Å². The summed E-state index contributed by atoms with van der Waals surface area (Å²) in [6.45, 7) is 1.87. The second-order valence-corrected chi connectivity index (χ2v) is 3.60. The van der Waals surface area contributed by atoms with E-state index in [1.54, 1.807) is 26.2 Å². The lowest BCUT2D eigenvalue weighted by Crippen LogP contribution is -2.29. The highest BCUT2D eigenvalue weighted by atomic mass is 16.5. The van der Waals surface area contributed by atoms with Crippen molar-refractivity contribution in [1.29, 1.82) is 0 Å². The number of amides is 1. The molecule has 1 N–H and O–H groups in total. The number of carbonyl (C=O) groups is 2. The first-order valence-electron chi connectivity index (χ1n) is 5.92. The third kappa shape index (κ3) is 5.25. The van der Waals surface area contributed by atoms with Crippen molar-refractivity contribution in [2.24, 2.45) is 0 Å². The maximum Gasteiger partial charge on any atom is 0.325 e. The van der Waals surface area contributed by atoms with Gasteiger partial charge < -0.3 is 14.8 Å². The van der Waals surface area contributed by atoms with Gasteiger partial charge in [-0.1, -0.05) is 18.2 Å². The molecule has 0 fully saturated rings. The Balaban J connectivity index is 2.52. The number of para-hydroxylation sites is 1. The number of benzene rings is 1. The summed E-state index contributed by atoms with van der Waals surface area (Å²) in [6.07, 6.45) is 2.97. The molecule has 0 aliphatic heterocycles. The van der Waals surface area contributed by atoms with Crippen molar-refractivity contribution in [3.8, 4) is 5.75 Å². The average molecular weight is 263 g/mol. The number of hydrogen-bond acceptors (Lipinski definition) is 4. The Hall–Kier alpha value is -2.30. The van der Waals surface area contributed by atoms with Crippen molar-refractivity contribution >= 4 is 18.0 Å². The van der Waals surface area contributed by atoms with E-state index in [0.717, 1.165) is 5.56 Å². The van der Waals surface area contributed by atoms with Crippen molar-refractivity contribution in [2.45, 2.75) is 6.92 Å². The molecule has 0 unspecified atom stereocenters. The summed E-state index contributed by atoms with van der Waals surface area (Å²) >= 11 is 0. The van der Waals surface area contributed by atoms with Crippen LogP contribution < -0.4 is 10.1 Å². The van der Waals surface area contributed by atoms with E-state index >= 15 is 0 Å². The molecule has 1 aromatic rings. The Morgan fingerprint density at radius 3 is 2.74 bits per heavy atom. The Kier molecular flexibility index (Phi) is 6.15. The highest BCUT2D eigenvalue weighted by Crippen LogP contribution is 2.18. The van der Waals surface area contributed by atoms with Crippen LogP contribution >= 0.6 is 0 Å². The van der Waals surface area contributed by atoms with E-state index in [1.807, 2.05) is 18.2 Å². The zero-order chi connectivity index (χ0) is 14.1. The standard InChI is InChI=1S/C14H17NO4/c1-3-19-14(17)10-15-13(16)9-8-11-6-4-5-7-12(11)18-2/h4-9H,3,10H2,1-2H3,(H,15,16). The summed E-state index contributed by atoms with van der Waals surface area (Å²) in [5.74, 6) is -0.141. The number of esters is 1. The van der Waals surface area contributed by atoms with E-state index in [1.165, 1.54) is 6.08 Å². The van der Waals surface area contributed by atoms with Gasteiger partial charge in [-0.3, -0.25) is 9.59 Å². The van der Waals surface area contributed by atoms with Gasteiger partial charge in [0, 0.05) is 11.6 Å². The summed E-state index contributed by atoms with van der Waals surface area (Å²) in [5.41, 5.74) is 0.788. The van der Waals surface area contributed by atoms with Crippen LogP contribution in [0.2, 0.25) is 0 Å². The van der Waals surface area contributed by atoms with Gasteiger partial charge in [-0.05, 0) is 19.1 Å². The first-order valence-corrected chi connectivity index (χ1v) is 5.92. The van der Waals surface area contributed by atoms with Crippen LogP contribution in [0.25, 0.3) is 6.08 Å². The molecular formula is C14H17NO4. The highest BCUT2D eigenvalue weighted by molar-refractivity contribution is 5.93. The van der Waals surface area contributed by atoms with E-state index in [-0.39, 0.29) is 12.5 Å². The second-order valence-electron chi connectivity index (χ2n) is 3.60. The molecule has 0 aliphatic rings. The molecule has 0 saturated heterocycles. The minimum absolute atomic E-state index is 0.136. The van der Waals surface area contributed by atoms with Gasteiger partial charge in [-0.2, -0.15) is 0 Å². The molecule has 1 rings (SSSR count). The Labute approximate surface area is 112 Å². The molecule has 0 aliphatic carbocycles.